The van der Waals surface area contributed by atoms with Gasteiger partial charge in [-0.05, 0) is 42.7 Å². The molecular weight excluding hydrogens is 391 g/mol. The number of aryl methyl sites for hydroxylation is 1. The third kappa shape index (κ3) is 4.23. The average Bonchev–Trinajstić information content (AvgIpc) is 2.65. The Labute approximate surface area is 161 Å². The lowest BCUT2D eigenvalue weighted by Gasteiger charge is -2.25. The Morgan fingerprint density at radius 3 is 2.46 bits per heavy atom. The fraction of sp³-hybridized carbons (Fsp3) is 0.333. The number of rotatable bonds is 7. The molecule has 0 fully saturated rings. The van der Waals surface area contributed by atoms with E-state index in [0.29, 0.717) is 11.1 Å². The van der Waals surface area contributed by atoms with E-state index in [9.17, 15) is 22.4 Å². The second-order valence-corrected chi connectivity index (χ2v) is 8.94. The van der Waals surface area contributed by atoms with Crippen molar-refractivity contribution in [3.05, 3.63) is 52.7 Å². The van der Waals surface area contributed by atoms with Crippen molar-refractivity contribution in [3.63, 3.8) is 0 Å². The van der Waals surface area contributed by atoms with Gasteiger partial charge in [0.15, 0.2) is 26.2 Å². The molecule has 0 saturated heterocycles. The van der Waals surface area contributed by atoms with E-state index in [1.54, 1.807) is 6.07 Å². The van der Waals surface area contributed by atoms with Crippen molar-refractivity contribution < 1.29 is 27.5 Å². The number of hydrogen-bond acceptors (Lipinski definition) is 6. The minimum absolute atomic E-state index is 0.0422. The summed E-state index contributed by atoms with van der Waals surface area (Å²) in [5.74, 6) is -1.56. The minimum atomic E-state index is -3.86. The highest BCUT2D eigenvalue weighted by Crippen LogP contribution is 2.26. The summed E-state index contributed by atoms with van der Waals surface area (Å²) in [5.41, 5.74) is 2.03. The van der Waals surface area contributed by atoms with Crippen LogP contribution >= 0.6 is 0 Å². The Morgan fingerprint density at radius 1 is 1.29 bits per heavy atom. The zero-order valence-electron chi connectivity index (χ0n) is 15.6. The molecule has 0 bridgehead atoms. The molecule has 0 radical (unpaired) electrons. The molecular formula is C18H21FN2O6S. The highest BCUT2D eigenvalue weighted by atomic mass is 32.2. The molecule has 2 N–H and O–H groups in total. The number of nitrogens with one attached hydrogen (secondary N) is 1. The summed E-state index contributed by atoms with van der Waals surface area (Å²) in [6.07, 6.45) is 2.12. The Bertz CT molecular complexity index is 1050. The molecule has 8 nitrogen and oxygen atoms in total. The standard InChI is InChI=1S/C18H21FN2O6S/c1-18(17(23)20-24,28(3,25)26)7-9-21-8-6-13(11-16(21)22)12-4-5-14(19)15(10-12)27-2/h4-6,8,10-11,24H,7,9H2,1-3H3,(H,20,23). The van der Waals surface area contributed by atoms with Crippen molar-refractivity contribution in [1.82, 2.24) is 10.0 Å². The quantitative estimate of drug-likeness (QED) is 0.524. The number of ether oxygens (including phenoxy) is 1. The minimum Gasteiger partial charge on any atom is -0.494 e. The van der Waals surface area contributed by atoms with Gasteiger partial charge >= 0.3 is 0 Å². The third-order valence-corrected chi connectivity index (χ3v) is 6.74. The molecule has 0 aliphatic carbocycles. The number of sulfone groups is 1. The predicted octanol–water partition coefficient (Wildman–Crippen LogP) is 1.36. The maximum atomic E-state index is 13.5. The number of benzene rings is 1. The Kier molecular flexibility index (Phi) is 6.25. The molecule has 10 heteroatoms. The summed E-state index contributed by atoms with van der Waals surface area (Å²) in [7, 11) is -2.52. The maximum Gasteiger partial charge on any atom is 0.264 e. The fourth-order valence-corrected chi connectivity index (χ4v) is 3.48. The van der Waals surface area contributed by atoms with Crippen LogP contribution in [0.15, 0.2) is 41.3 Å². The van der Waals surface area contributed by atoms with Gasteiger partial charge in [-0.15, -0.1) is 0 Å². The highest BCUT2D eigenvalue weighted by molar-refractivity contribution is 7.92. The average molecular weight is 412 g/mol. The van der Waals surface area contributed by atoms with Crippen LogP contribution in [0.5, 0.6) is 5.75 Å². The molecule has 2 aromatic rings. The van der Waals surface area contributed by atoms with Gasteiger partial charge in [0.1, 0.15) is 0 Å². The van der Waals surface area contributed by atoms with Crippen LogP contribution in [0.2, 0.25) is 0 Å². The Balaban J connectivity index is 2.30. The lowest BCUT2D eigenvalue weighted by molar-refractivity contribution is -0.131. The zero-order valence-corrected chi connectivity index (χ0v) is 16.4. The maximum absolute atomic E-state index is 13.5. The molecule has 1 amide bonds. The van der Waals surface area contributed by atoms with E-state index >= 15 is 0 Å². The van der Waals surface area contributed by atoms with Crippen LogP contribution in [-0.4, -0.2) is 42.2 Å². The van der Waals surface area contributed by atoms with Gasteiger partial charge in [0.25, 0.3) is 11.5 Å². The number of nitrogens with zero attached hydrogens (tertiary/aromatic N) is 1. The second kappa shape index (κ2) is 8.11. The Morgan fingerprint density at radius 2 is 1.93 bits per heavy atom. The van der Waals surface area contributed by atoms with Crippen molar-refractivity contribution in [2.75, 3.05) is 13.4 Å². The monoisotopic (exact) mass is 412 g/mol. The molecule has 28 heavy (non-hydrogen) atoms. The smallest absolute Gasteiger partial charge is 0.264 e. The molecule has 0 saturated carbocycles. The van der Waals surface area contributed by atoms with Gasteiger partial charge in [-0.2, -0.15) is 0 Å². The van der Waals surface area contributed by atoms with E-state index in [1.807, 2.05) is 0 Å². The topological polar surface area (TPSA) is 115 Å². The normalized spacial score (nSPS) is 13.6. The highest BCUT2D eigenvalue weighted by Gasteiger charge is 2.43. The summed E-state index contributed by atoms with van der Waals surface area (Å²) >= 11 is 0. The number of pyridine rings is 1. The summed E-state index contributed by atoms with van der Waals surface area (Å²) in [4.78, 5) is 24.2. The predicted molar refractivity (Wildman–Crippen MR) is 100 cm³/mol. The van der Waals surface area contributed by atoms with Crippen molar-refractivity contribution >= 4 is 15.7 Å². The van der Waals surface area contributed by atoms with E-state index in [4.69, 9.17) is 9.94 Å². The number of methoxy groups -OCH3 is 1. The number of carbonyl (C=O) groups excluding carboxylic acids is 1. The van der Waals surface area contributed by atoms with Crippen molar-refractivity contribution in [3.8, 4) is 16.9 Å². The van der Waals surface area contributed by atoms with Gasteiger partial charge in [0.05, 0.1) is 7.11 Å². The second-order valence-electron chi connectivity index (χ2n) is 6.49. The Hall–Kier alpha value is -2.72. The van der Waals surface area contributed by atoms with Crippen LogP contribution in [0, 0.1) is 5.82 Å². The van der Waals surface area contributed by atoms with Crippen LogP contribution in [0.25, 0.3) is 11.1 Å². The number of hydrogen-bond donors (Lipinski definition) is 2. The largest absolute Gasteiger partial charge is 0.494 e. The van der Waals surface area contributed by atoms with Crippen LogP contribution in [0.1, 0.15) is 13.3 Å². The first kappa shape index (κ1) is 21.6. The van der Waals surface area contributed by atoms with E-state index in [1.165, 1.54) is 54.5 Å². The van der Waals surface area contributed by atoms with Gasteiger partial charge < -0.3 is 9.30 Å². The molecule has 1 atom stereocenters. The molecule has 2 rings (SSSR count). The van der Waals surface area contributed by atoms with Crippen LogP contribution in [-0.2, 0) is 21.2 Å². The first-order valence-corrected chi connectivity index (χ1v) is 10.1. The van der Waals surface area contributed by atoms with Gasteiger partial charge in [-0.1, -0.05) is 6.07 Å². The van der Waals surface area contributed by atoms with E-state index in [-0.39, 0.29) is 18.7 Å². The fourth-order valence-electron chi connectivity index (χ4n) is 2.63. The number of halogens is 1. The number of carbonyl (C=O) groups is 1. The summed E-state index contributed by atoms with van der Waals surface area (Å²) in [6, 6.07) is 7.11. The van der Waals surface area contributed by atoms with Crippen molar-refractivity contribution in [2.45, 2.75) is 24.6 Å². The number of hydroxylamine groups is 1. The van der Waals surface area contributed by atoms with E-state index in [2.05, 4.69) is 0 Å². The molecule has 1 aromatic carbocycles. The van der Waals surface area contributed by atoms with Gasteiger partial charge in [-0.3, -0.25) is 14.8 Å². The number of amides is 1. The van der Waals surface area contributed by atoms with E-state index < -0.39 is 31.9 Å². The molecule has 0 aliphatic heterocycles. The summed E-state index contributed by atoms with van der Waals surface area (Å²) < 4.78 is 41.8. The van der Waals surface area contributed by atoms with Gasteiger partial charge in [-0.25, -0.2) is 18.3 Å². The van der Waals surface area contributed by atoms with Crippen molar-refractivity contribution in [1.29, 1.82) is 0 Å². The first-order valence-electron chi connectivity index (χ1n) is 8.22. The van der Waals surface area contributed by atoms with Crippen molar-refractivity contribution in [2.24, 2.45) is 0 Å². The lowest BCUT2D eigenvalue weighted by Crippen LogP contribution is -2.49. The molecule has 1 heterocycles. The van der Waals surface area contributed by atoms with Crippen LogP contribution < -0.4 is 15.8 Å². The first-order chi connectivity index (χ1) is 13.0. The van der Waals surface area contributed by atoms with Gasteiger partial charge in [0.2, 0.25) is 0 Å². The molecule has 0 aliphatic rings. The summed E-state index contributed by atoms with van der Waals surface area (Å²) in [6.45, 7) is 1.11. The lowest BCUT2D eigenvalue weighted by atomic mass is 10.1. The van der Waals surface area contributed by atoms with E-state index in [0.717, 1.165) is 6.26 Å². The van der Waals surface area contributed by atoms with Crippen LogP contribution in [0.4, 0.5) is 4.39 Å². The third-order valence-electron chi connectivity index (χ3n) is 4.71. The van der Waals surface area contributed by atoms with Crippen LogP contribution in [0.3, 0.4) is 0 Å². The SMILES string of the molecule is COc1cc(-c2ccn(CCC(C)(C(=O)NO)S(C)(=O)=O)c(=O)c2)ccc1F. The molecule has 1 aromatic heterocycles. The molecule has 152 valence electrons. The number of aromatic nitrogens is 1. The molecule has 1 unspecified atom stereocenters. The zero-order chi connectivity index (χ0) is 21.1. The molecule has 0 spiro atoms. The van der Waals surface area contributed by atoms with Gasteiger partial charge in [0, 0.05) is 25.1 Å². The summed E-state index contributed by atoms with van der Waals surface area (Å²) in [5, 5.41) is 8.84.